The van der Waals surface area contributed by atoms with Crippen molar-refractivity contribution >= 4 is 5.69 Å². The first-order chi connectivity index (χ1) is 9.49. The van der Waals surface area contributed by atoms with Crippen LogP contribution in [0.2, 0.25) is 0 Å². The number of aryl methyl sites for hydroxylation is 1. The third kappa shape index (κ3) is 2.97. The molecule has 0 unspecified atom stereocenters. The minimum atomic E-state index is -1.18. The van der Waals surface area contributed by atoms with Gasteiger partial charge in [0.05, 0.1) is 11.1 Å². The summed E-state index contributed by atoms with van der Waals surface area (Å²) in [6.45, 7) is 2.32. The molecule has 0 amide bonds. The van der Waals surface area contributed by atoms with Gasteiger partial charge in [0.25, 0.3) is 0 Å². The molecule has 0 aliphatic heterocycles. The first kappa shape index (κ1) is 14.1. The maximum Gasteiger partial charge on any atom is 0.305 e. The second-order valence-corrected chi connectivity index (χ2v) is 4.28. The average Bonchev–Trinajstić information content (AvgIpc) is 2.77. The minimum absolute atomic E-state index is 0.0410. The predicted molar refractivity (Wildman–Crippen MR) is 66.9 cm³/mol. The van der Waals surface area contributed by atoms with Crippen molar-refractivity contribution in [1.29, 1.82) is 0 Å². The van der Waals surface area contributed by atoms with Crippen LogP contribution < -0.4 is 5.32 Å². The molecule has 0 atom stereocenters. The molecule has 2 rings (SSSR count). The molecule has 0 saturated carbocycles. The maximum atomic E-state index is 13.5. The molecule has 1 aromatic carbocycles. The molecular formula is C12H12F2N4O2. The summed E-state index contributed by atoms with van der Waals surface area (Å²) in [7, 11) is 0. The highest BCUT2D eigenvalue weighted by Gasteiger charge is 2.18. The van der Waals surface area contributed by atoms with Crippen LogP contribution in [0.5, 0.6) is 0 Å². The number of nitrogens with one attached hydrogen (secondary N) is 2. The Labute approximate surface area is 113 Å². The highest BCUT2D eigenvalue weighted by Crippen LogP contribution is 2.21. The molecule has 6 nitrogen and oxygen atoms in total. The molecule has 20 heavy (non-hydrogen) atoms. The Balaban J connectivity index is 2.08. The van der Waals surface area contributed by atoms with E-state index in [0.717, 1.165) is 17.3 Å². The van der Waals surface area contributed by atoms with Gasteiger partial charge in [0.1, 0.15) is 5.82 Å². The monoisotopic (exact) mass is 282 g/mol. The van der Waals surface area contributed by atoms with Crippen molar-refractivity contribution < 1.29 is 13.7 Å². The van der Waals surface area contributed by atoms with E-state index in [1.807, 2.05) is 6.92 Å². The van der Waals surface area contributed by atoms with E-state index in [4.69, 9.17) is 0 Å². The van der Waals surface area contributed by atoms with Crippen LogP contribution in [0.1, 0.15) is 16.8 Å². The number of H-pyrrole nitrogens is 1. The van der Waals surface area contributed by atoms with Crippen molar-refractivity contribution in [3.8, 4) is 0 Å². The highest BCUT2D eigenvalue weighted by molar-refractivity contribution is 5.37. The van der Waals surface area contributed by atoms with Gasteiger partial charge in [-0.15, -0.1) is 0 Å². The lowest BCUT2D eigenvalue weighted by molar-refractivity contribution is -0.387. The molecule has 0 bridgehead atoms. The predicted octanol–water partition coefficient (Wildman–Crippen LogP) is 2.19. The van der Waals surface area contributed by atoms with Gasteiger partial charge in [0.2, 0.25) is 5.82 Å². The van der Waals surface area contributed by atoms with Crippen molar-refractivity contribution in [2.24, 2.45) is 0 Å². The number of hydrogen-bond donors (Lipinski definition) is 2. The maximum absolute atomic E-state index is 13.5. The fraction of sp³-hybridized carbons (Fsp3) is 0.250. The van der Waals surface area contributed by atoms with Crippen LogP contribution in [0.3, 0.4) is 0 Å². The van der Waals surface area contributed by atoms with E-state index in [9.17, 15) is 18.9 Å². The molecule has 0 spiro atoms. The lowest BCUT2D eigenvalue weighted by Gasteiger charge is -2.06. The largest absolute Gasteiger partial charge is 0.308 e. The Bertz CT molecular complexity index is 642. The van der Waals surface area contributed by atoms with E-state index in [0.29, 0.717) is 12.6 Å². The van der Waals surface area contributed by atoms with Gasteiger partial charge in [-0.25, -0.2) is 4.39 Å². The van der Waals surface area contributed by atoms with E-state index >= 15 is 0 Å². The Morgan fingerprint density at radius 1 is 1.30 bits per heavy atom. The molecule has 1 heterocycles. The zero-order chi connectivity index (χ0) is 14.7. The molecule has 1 aromatic heterocycles. The fourth-order valence-electron chi connectivity index (χ4n) is 1.74. The number of aromatic amines is 1. The molecule has 0 fully saturated rings. The highest BCUT2D eigenvalue weighted by atomic mass is 19.1. The number of aromatic nitrogens is 2. The van der Waals surface area contributed by atoms with E-state index < -0.39 is 22.2 Å². The van der Waals surface area contributed by atoms with Gasteiger partial charge in [0.15, 0.2) is 0 Å². The molecule has 2 N–H and O–H groups in total. The minimum Gasteiger partial charge on any atom is -0.308 e. The first-order valence-electron chi connectivity index (χ1n) is 5.81. The zero-order valence-electron chi connectivity index (χ0n) is 10.6. The zero-order valence-corrected chi connectivity index (χ0v) is 10.6. The van der Waals surface area contributed by atoms with E-state index in [1.54, 1.807) is 6.20 Å². The average molecular weight is 282 g/mol. The Morgan fingerprint density at radius 2 is 2.00 bits per heavy atom. The molecule has 2 aromatic rings. The topological polar surface area (TPSA) is 83.8 Å². The number of benzene rings is 1. The number of nitro benzene ring substituents is 1. The van der Waals surface area contributed by atoms with Gasteiger partial charge in [-0.2, -0.15) is 9.49 Å². The van der Waals surface area contributed by atoms with Gasteiger partial charge < -0.3 is 5.32 Å². The summed E-state index contributed by atoms with van der Waals surface area (Å²) < 4.78 is 26.7. The summed E-state index contributed by atoms with van der Waals surface area (Å²) in [5.74, 6) is -1.99. The summed E-state index contributed by atoms with van der Waals surface area (Å²) in [6, 6.07) is 1.43. The van der Waals surface area contributed by atoms with Crippen LogP contribution in [0, 0.1) is 28.7 Å². The van der Waals surface area contributed by atoms with Crippen LogP contribution in [0.25, 0.3) is 0 Å². The van der Waals surface area contributed by atoms with Crippen LogP contribution >= 0.6 is 0 Å². The van der Waals surface area contributed by atoms with Crippen molar-refractivity contribution in [2.75, 3.05) is 0 Å². The first-order valence-corrected chi connectivity index (χ1v) is 5.81. The summed E-state index contributed by atoms with van der Waals surface area (Å²) in [4.78, 5) is 9.72. The molecular weight excluding hydrogens is 270 g/mol. The number of halogens is 2. The molecule has 0 saturated heterocycles. The van der Waals surface area contributed by atoms with Crippen LogP contribution in [-0.2, 0) is 13.1 Å². The van der Waals surface area contributed by atoms with E-state index in [1.165, 1.54) is 0 Å². The number of rotatable bonds is 5. The summed E-state index contributed by atoms with van der Waals surface area (Å²) in [6.07, 6.45) is 1.63. The van der Waals surface area contributed by atoms with Crippen molar-refractivity contribution in [3.63, 3.8) is 0 Å². The molecule has 0 radical (unpaired) electrons. The Hall–Kier alpha value is -2.35. The smallest absolute Gasteiger partial charge is 0.305 e. The quantitative estimate of drug-likeness (QED) is 0.650. The van der Waals surface area contributed by atoms with Crippen LogP contribution in [0.15, 0.2) is 18.3 Å². The number of nitrogens with zero attached hydrogens (tertiary/aromatic N) is 2. The molecule has 0 aliphatic carbocycles. The van der Waals surface area contributed by atoms with Crippen LogP contribution in [0.4, 0.5) is 14.5 Å². The van der Waals surface area contributed by atoms with Gasteiger partial charge in [-0.1, -0.05) is 0 Å². The van der Waals surface area contributed by atoms with E-state index in [2.05, 4.69) is 15.5 Å². The lowest BCUT2D eigenvalue weighted by atomic mass is 10.1. The van der Waals surface area contributed by atoms with E-state index in [-0.39, 0.29) is 12.1 Å². The molecule has 106 valence electrons. The van der Waals surface area contributed by atoms with Gasteiger partial charge in [-0.05, 0) is 6.92 Å². The summed E-state index contributed by atoms with van der Waals surface area (Å²) in [5, 5.41) is 20.1. The normalized spacial score (nSPS) is 10.8. The summed E-state index contributed by atoms with van der Waals surface area (Å²) in [5.41, 5.74) is 1.09. The fourth-order valence-corrected chi connectivity index (χ4v) is 1.74. The van der Waals surface area contributed by atoms with Crippen molar-refractivity contribution in [2.45, 2.75) is 20.0 Å². The molecule has 8 heteroatoms. The van der Waals surface area contributed by atoms with Gasteiger partial charge >= 0.3 is 5.69 Å². The Morgan fingerprint density at radius 3 is 2.60 bits per heavy atom. The number of hydrogen-bond acceptors (Lipinski definition) is 4. The third-order valence-corrected chi connectivity index (χ3v) is 2.88. The second kappa shape index (κ2) is 5.74. The third-order valence-electron chi connectivity index (χ3n) is 2.88. The number of nitro groups is 1. The van der Waals surface area contributed by atoms with Crippen molar-refractivity contribution in [1.82, 2.24) is 15.5 Å². The van der Waals surface area contributed by atoms with Gasteiger partial charge in [-0.3, -0.25) is 15.2 Å². The Kier molecular flexibility index (Phi) is 4.04. The lowest BCUT2D eigenvalue weighted by Crippen LogP contribution is -2.14. The standard InChI is InChI=1S/C12H12F2N4O2/c1-7-9(6-16-17-7)5-15-4-8-2-12(18(19)20)11(14)3-10(8)13/h2-3,6,15H,4-5H2,1H3,(H,16,17). The SMILES string of the molecule is Cc1[nH]ncc1CNCc1cc([N+](=O)[O-])c(F)cc1F. The summed E-state index contributed by atoms with van der Waals surface area (Å²) >= 11 is 0. The van der Waals surface area contributed by atoms with Gasteiger partial charge in [0, 0.05) is 42.0 Å². The van der Waals surface area contributed by atoms with Crippen molar-refractivity contribution in [3.05, 3.63) is 56.9 Å². The second-order valence-electron chi connectivity index (χ2n) is 4.28. The molecule has 0 aliphatic rings. The van der Waals surface area contributed by atoms with Crippen LogP contribution in [-0.4, -0.2) is 15.1 Å².